The van der Waals surface area contributed by atoms with Crippen LogP contribution in [0, 0.1) is 22.7 Å². The number of hydrogen-bond donors (Lipinski definition) is 1. The van der Waals surface area contributed by atoms with E-state index in [1.807, 2.05) is 6.07 Å². The highest BCUT2D eigenvalue weighted by Crippen LogP contribution is 2.46. The van der Waals surface area contributed by atoms with Crippen LogP contribution in [0.15, 0.2) is 0 Å². The zero-order chi connectivity index (χ0) is 12.0. The molecule has 0 aliphatic heterocycles. The average molecular weight is 223 g/mol. The first kappa shape index (κ1) is 13.0. The SMILES string of the molecule is CCCCC1(C(C#N)C(=O)O)CCCCC1. The summed E-state index contributed by atoms with van der Waals surface area (Å²) in [5.41, 5.74) is -0.241. The van der Waals surface area contributed by atoms with Gasteiger partial charge in [0.25, 0.3) is 0 Å². The van der Waals surface area contributed by atoms with E-state index in [1.165, 1.54) is 6.42 Å². The minimum absolute atomic E-state index is 0.241. The van der Waals surface area contributed by atoms with Crippen LogP contribution in [0.2, 0.25) is 0 Å². The second-order valence-electron chi connectivity index (χ2n) is 4.93. The van der Waals surface area contributed by atoms with Crippen molar-refractivity contribution in [1.82, 2.24) is 0 Å². The number of carbonyl (C=O) groups is 1. The van der Waals surface area contributed by atoms with Gasteiger partial charge in [-0.05, 0) is 24.7 Å². The van der Waals surface area contributed by atoms with Crippen molar-refractivity contribution in [2.45, 2.75) is 58.3 Å². The quantitative estimate of drug-likeness (QED) is 0.777. The summed E-state index contributed by atoms with van der Waals surface area (Å²) in [4.78, 5) is 11.2. The number of nitriles is 1. The molecule has 0 saturated heterocycles. The van der Waals surface area contributed by atoms with Gasteiger partial charge in [-0.15, -0.1) is 0 Å². The van der Waals surface area contributed by atoms with Crippen molar-refractivity contribution in [3.8, 4) is 6.07 Å². The van der Waals surface area contributed by atoms with E-state index in [9.17, 15) is 4.79 Å². The van der Waals surface area contributed by atoms with Gasteiger partial charge in [0.1, 0.15) is 5.92 Å². The summed E-state index contributed by atoms with van der Waals surface area (Å²) >= 11 is 0. The maximum Gasteiger partial charge on any atom is 0.321 e. The second kappa shape index (κ2) is 5.89. The lowest BCUT2D eigenvalue weighted by molar-refractivity contribution is -0.145. The van der Waals surface area contributed by atoms with Crippen LogP contribution in [0.5, 0.6) is 0 Å². The lowest BCUT2D eigenvalue weighted by atomic mass is 9.63. The molecule has 0 bridgehead atoms. The summed E-state index contributed by atoms with van der Waals surface area (Å²) in [6.07, 6.45) is 8.17. The maximum absolute atomic E-state index is 11.2. The molecular weight excluding hydrogens is 202 g/mol. The van der Waals surface area contributed by atoms with Crippen molar-refractivity contribution >= 4 is 5.97 Å². The van der Waals surface area contributed by atoms with Gasteiger partial charge in [0, 0.05) is 0 Å². The molecule has 90 valence electrons. The standard InChI is InChI=1S/C13H21NO2/c1-2-3-7-13(8-5-4-6-9-13)11(10-14)12(15)16/h11H,2-9H2,1H3,(H,15,16). The van der Waals surface area contributed by atoms with E-state index in [0.717, 1.165) is 44.9 Å². The first-order valence-electron chi connectivity index (χ1n) is 6.29. The summed E-state index contributed by atoms with van der Waals surface area (Å²) in [6.45, 7) is 2.11. The largest absolute Gasteiger partial charge is 0.480 e. The first-order chi connectivity index (χ1) is 7.66. The Labute approximate surface area is 97.5 Å². The van der Waals surface area contributed by atoms with Gasteiger partial charge in [0.15, 0.2) is 0 Å². The number of rotatable bonds is 5. The Hall–Kier alpha value is -1.04. The fourth-order valence-electron chi connectivity index (χ4n) is 2.92. The topological polar surface area (TPSA) is 61.1 Å². The Morgan fingerprint density at radius 2 is 2.06 bits per heavy atom. The van der Waals surface area contributed by atoms with Crippen molar-refractivity contribution < 1.29 is 9.90 Å². The number of hydrogen-bond acceptors (Lipinski definition) is 2. The number of aliphatic carboxylic acids is 1. The van der Waals surface area contributed by atoms with E-state index in [2.05, 4.69) is 6.92 Å². The molecule has 1 rings (SSSR count). The molecule has 0 aromatic heterocycles. The third-order valence-electron chi connectivity index (χ3n) is 3.87. The van der Waals surface area contributed by atoms with Gasteiger partial charge in [-0.25, -0.2) is 0 Å². The predicted molar refractivity (Wildman–Crippen MR) is 61.8 cm³/mol. The maximum atomic E-state index is 11.2. The van der Waals surface area contributed by atoms with Crippen molar-refractivity contribution in [3.05, 3.63) is 0 Å². The van der Waals surface area contributed by atoms with Crippen molar-refractivity contribution in [1.29, 1.82) is 5.26 Å². The van der Waals surface area contributed by atoms with Crippen LogP contribution in [-0.2, 0) is 4.79 Å². The zero-order valence-electron chi connectivity index (χ0n) is 10.0. The lowest BCUT2D eigenvalue weighted by Crippen LogP contribution is -2.37. The minimum Gasteiger partial charge on any atom is -0.480 e. The van der Waals surface area contributed by atoms with Gasteiger partial charge in [-0.3, -0.25) is 4.79 Å². The molecule has 1 fully saturated rings. The molecule has 1 aliphatic carbocycles. The molecule has 1 saturated carbocycles. The van der Waals surface area contributed by atoms with Gasteiger partial charge in [0.05, 0.1) is 6.07 Å². The molecule has 1 unspecified atom stereocenters. The summed E-state index contributed by atoms with van der Waals surface area (Å²) in [6, 6.07) is 2.02. The normalized spacial score (nSPS) is 21.0. The summed E-state index contributed by atoms with van der Waals surface area (Å²) in [5.74, 6) is -1.74. The molecule has 0 amide bonds. The molecular formula is C13H21NO2. The van der Waals surface area contributed by atoms with E-state index in [-0.39, 0.29) is 5.41 Å². The molecule has 1 aliphatic rings. The zero-order valence-corrected chi connectivity index (χ0v) is 10.0. The Morgan fingerprint density at radius 3 is 2.50 bits per heavy atom. The van der Waals surface area contributed by atoms with E-state index in [4.69, 9.17) is 10.4 Å². The molecule has 16 heavy (non-hydrogen) atoms. The van der Waals surface area contributed by atoms with Crippen LogP contribution in [0.25, 0.3) is 0 Å². The van der Waals surface area contributed by atoms with Crippen LogP contribution in [0.4, 0.5) is 0 Å². The highest BCUT2D eigenvalue weighted by Gasteiger charge is 2.43. The van der Waals surface area contributed by atoms with Gasteiger partial charge < -0.3 is 5.11 Å². The first-order valence-corrected chi connectivity index (χ1v) is 6.29. The number of carboxylic acids is 1. The highest BCUT2D eigenvalue weighted by atomic mass is 16.4. The Balaban J connectivity index is 2.83. The molecule has 0 aromatic rings. The third-order valence-corrected chi connectivity index (χ3v) is 3.87. The Morgan fingerprint density at radius 1 is 1.44 bits per heavy atom. The van der Waals surface area contributed by atoms with E-state index < -0.39 is 11.9 Å². The van der Waals surface area contributed by atoms with Crippen LogP contribution >= 0.6 is 0 Å². The second-order valence-corrected chi connectivity index (χ2v) is 4.93. The average Bonchev–Trinajstić information content (AvgIpc) is 2.28. The van der Waals surface area contributed by atoms with Crippen LogP contribution in [0.1, 0.15) is 58.3 Å². The smallest absolute Gasteiger partial charge is 0.321 e. The van der Waals surface area contributed by atoms with Gasteiger partial charge in [-0.1, -0.05) is 39.0 Å². The van der Waals surface area contributed by atoms with E-state index >= 15 is 0 Å². The van der Waals surface area contributed by atoms with Gasteiger partial charge in [-0.2, -0.15) is 5.26 Å². The third kappa shape index (κ3) is 2.75. The number of carboxylic acid groups (broad SMARTS) is 1. The molecule has 0 aromatic carbocycles. The van der Waals surface area contributed by atoms with E-state index in [1.54, 1.807) is 0 Å². The van der Waals surface area contributed by atoms with Gasteiger partial charge in [0.2, 0.25) is 0 Å². The molecule has 0 heterocycles. The molecule has 1 atom stereocenters. The molecule has 1 N–H and O–H groups in total. The number of nitrogens with zero attached hydrogens (tertiary/aromatic N) is 1. The highest BCUT2D eigenvalue weighted by molar-refractivity contribution is 5.74. The van der Waals surface area contributed by atoms with Crippen molar-refractivity contribution in [2.24, 2.45) is 11.3 Å². The van der Waals surface area contributed by atoms with E-state index in [0.29, 0.717) is 0 Å². The van der Waals surface area contributed by atoms with Crippen LogP contribution in [0.3, 0.4) is 0 Å². The van der Waals surface area contributed by atoms with Crippen molar-refractivity contribution in [3.63, 3.8) is 0 Å². The fraction of sp³-hybridized carbons (Fsp3) is 0.846. The minimum atomic E-state index is -0.930. The predicted octanol–water partition coefficient (Wildman–Crippen LogP) is 3.35. The molecule has 0 radical (unpaired) electrons. The summed E-state index contributed by atoms with van der Waals surface area (Å²) in [7, 11) is 0. The summed E-state index contributed by atoms with van der Waals surface area (Å²) in [5, 5.41) is 18.2. The summed E-state index contributed by atoms with van der Waals surface area (Å²) < 4.78 is 0. The van der Waals surface area contributed by atoms with Crippen molar-refractivity contribution in [2.75, 3.05) is 0 Å². The Bertz CT molecular complexity index is 274. The lowest BCUT2D eigenvalue weighted by Gasteiger charge is -2.39. The van der Waals surface area contributed by atoms with Crippen LogP contribution < -0.4 is 0 Å². The van der Waals surface area contributed by atoms with Crippen LogP contribution in [-0.4, -0.2) is 11.1 Å². The molecule has 3 nitrogen and oxygen atoms in total. The fourth-order valence-corrected chi connectivity index (χ4v) is 2.92. The number of unbranched alkanes of at least 4 members (excludes halogenated alkanes) is 1. The monoisotopic (exact) mass is 223 g/mol. The van der Waals surface area contributed by atoms with Gasteiger partial charge >= 0.3 is 5.97 Å². The molecule has 0 spiro atoms. The Kier molecular flexibility index (Phi) is 4.79. The molecule has 3 heteroatoms.